The van der Waals surface area contributed by atoms with Crippen molar-refractivity contribution in [3.63, 3.8) is 0 Å². The third kappa shape index (κ3) is 5.93. The van der Waals surface area contributed by atoms with E-state index < -0.39 is 10.0 Å². The number of aryl methyl sites for hydroxylation is 1. The van der Waals surface area contributed by atoms with Crippen LogP contribution in [0.15, 0.2) is 53.4 Å². The van der Waals surface area contributed by atoms with Crippen molar-refractivity contribution in [3.05, 3.63) is 59.7 Å². The Morgan fingerprint density at radius 2 is 1.58 bits per heavy atom. The van der Waals surface area contributed by atoms with E-state index in [1.807, 2.05) is 12.1 Å². The second kappa shape index (κ2) is 9.95. The van der Waals surface area contributed by atoms with Gasteiger partial charge in [0.2, 0.25) is 5.91 Å². The van der Waals surface area contributed by atoms with Gasteiger partial charge in [-0.15, -0.1) is 0 Å². The minimum atomic E-state index is -3.70. The zero-order chi connectivity index (χ0) is 23.4. The van der Waals surface area contributed by atoms with Crippen LogP contribution >= 0.6 is 0 Å². The predicted molar refractivity (Wildman–Crippen MR) is 127 cm³/mol. The minimum absolute atomic E-state index is 0.0255. The molecule has 176 valence electrons. The number of likely N-dealkylation sites (tertiary alicyclic amines) is 1. The molecular weight excluding hydrogens is 438 g/mol. The fourth-order valence-electron chi connectivity index (χ4n) is 4.09. The maximum Gasteiger partial charge on any atom is 0.261 e. The molecule has 33 heavy (non-hydrogen) atoms. The lowest BCUT2D eigenvalue weighted by molar-refractivity contribution is -0.126. The van der Waals surface area contributed by atoms with Gasteiger partial charge < -0.3 is 10.2 Å². The van der Waals surface area contributed by atoms with E-state index in [0.717, 1.165) is 31.2 Å². The SMILES string of the molecule is CCCc1ccc(S(=O)(=O)Nc2ccc(C(=O)N3CCC(C(=O)NC4CC4)CC3)cc2)cc1. The normalized spacial score (nSPS) is 16.9. The lowest BCUT2D eigenvalue weighted by atomic mass is 9.95. The van der Waals surface area contributed by atoms with Gasteiger partial charge in [0.05, 0.1) is 4.90 Å². The van der Waals surface area contributed by atoms with E-state index >= 15 is 0 Å². The summed E-state index contributed by atoms with van der Waals surface area (Å²) in [5, 5.41) is 3.05. The number of amides is 2. The molecule has 0 unspecified atom stereocenters. The number of anilines is 1. The highest BCUT2D eigenvalue weighted by Crippen LogP contribution is 2.24. The number of nitrogens with zero attached hydrogens (tertiary/aromatic N) is 1. The number of hydrogen-bond donors (Lipinski definition) is 2. The van der Waals surface area contributed by atoms with E-state index in [1.54, 1.807) is 41.3 Å². The molecule has 0 bridgehead atoms. The molecule has 0 aromatic heterocycles. The van der Waals surface area contributed by atoms with E-state index in [1.165, 1.54) is 0 Å². The number of carbonyl (C=O) groups is 2. The Hall–Kier alpha value is -2.87. The van der Waals surface area contributed by atoms with Crippen molar-refractivity contribution in [2.24, 2.45) is 5.92 Å². The Morgan fingerprint density at radius 3 is 2.15 bits per heavy atom. The third-order valence-electron chi connectivity index (χ3n) is 6.23. The Morgan fingerprint density at radius 1 is 0.939 bits per heavy atom. The Labute approximate surface area is 195 Å². The van der Waals surface area contributed by atoms with Crippen molar-refractivity contribution in [3.8, 4) is 0 Å². The number of rotatable bonds is 8. The first-order valence-corrected chi connectivity index (χ1v) is 13.2. The lowest BCUT2D eigenvalue weighted by Gasteiger charge is -2.31. The van der Waals surface area contributed by atoms with Crippen molar-refractivity contribution in [2.45, 2.75) is 56.4 Å². The Balaban J connectivity index is 1.33. The summed E-state index contributed by atoms with van der Waals surface area (Å²) in [7, 11) is -3.70. The molecule has 1 heterocycles. The van der Waals surface area contributed by atoms with Gasteiger partial charge in [-0.05, 0) is 74.1 Å². The second-order valence-electron chi connectivity index (χ2n) is 8.93. The zero-order valence-corrected chi connectivity index (χ0v) is 19.7. The summed E-state index contributed by atoms with van der Waals surface area (Å²) >= 11 is 0. The first-order valence-electron chi connectivity index (χ1n) is 11.7. The van der Waals surface area contributed by atoms with Crippen molar-refractivity contribution in [1.29, 1.82) is 0 Å². The van der Waals surface area contributed by atoms with E-state index in [2.05, 4.69) is 17.0 Å². The zero-order valence-electron chi connectivity index (χ0n) is 18.9. The molecule has 2 N–H and O–H groups in total. The highest BCUT2D eigenvalue weighted by Gasteiger charge is 2.31. The lowest BCUT2D eigenvalue weighted by Crippen LogP contribution is -2.43. The van der Waals surface area contributed by atoms with E-state index in [4.69, 9.17) is 0 Å². The molecule has 8 heteroatoms. The molecule has 2 aliphatic rings. The summed E-state index contributed by atoms with van der Waals surface area (Å²) in [6.07, 6.45) is 5.39. The maximum atomic E-state index is 12.9. The first kappa shape index (κ1) is 23.3. The Bertz CT molecular complexity index is 1090. The van der Waals surface area contributed by atoms with Gasteiger partial charge >= 0.3 is 0 Å². The molecule has 7 nitrogen and oxygen atoms in total. The van der Waals surface area contributed by atoms with Crippen LogP contribution in [0.3, 0.4) is 0 Å². The standard InChI is InChI=1S/C25H31N3O4S/c1-2-3-18-4-12-23(13-5-18)33(31,32)27-22-8-6-20(7-9-22)25(30)28-16-14-19(15-17-28)24(29)26-21-10-11-21/h4-9,12-13,19,21,27H,2-3,10-11,14-17H2,1H3,(H,26,29). The van der Waals surface area contributed by atoms with Crippen molar-refractivity contribution < 1.29 is 18.0 Å². The predicted octanol–water partition coefficient (Wildman–Crippen LogP) is 3.57. The molecular formula is C25H31N3O4S. The van der Waals surface area contributed by atoms with Crippen molar-refractivity contribution in [2.75, 3.05) is 17.8 Å². The summed E-state index contributed by atoms with van der Waals surface area (Å²) in [6, 6.07) is 13.7. The third-order valence-corrected chi connectivity index (χ3v) is 7.63. The van der Waals surface area contributed by atoms with Crippen LogP contribution < -0.4 is 10.0 Å². The summed E-state index contributed by atoms with van der Waals surface area (Å²) < 4.78 is 27.9. The van der Waals surface area contributed by atoms with Crippen LogP contribution in [0, 0.1) is 5.92 Å². The van der Waals surface area contributed by atoms with Crippen molar-refractivity contribution >= 4 is 27.5 Å². The van der Waals surface area contributed by atoms with Crippen LogP contribution in [0.25, 0.3) is 0 Å². The highest BCUT2D eigenvalue weighted by atomic mass is 32.2. The first-order chi connectivity index (χ1) is 15.9. The van der Waals surface area contributed by atoms with Crippen LogP contribution in [0.1, 0.15) is 54.9 Å². The fourth-order valence-corrected chi connectivity index (χ4v) is 5.15. The highest BCUT2D eigenvalue weighted by molar-refractivity contribution is 7.92. The number of benzene rings is 2. The van der Waals surface area contributed by atoms with Gasteiger partial charge in [-0.3, -0.25) is 14.3 Å². The minimum Gasteiger partial charge on any atom is -0.353 e. The van der Waals surface area contributed by atoms with Crippen molar-refractivity contribution in [1.82, 2.24) is 10.2 Å². The molecule has 2 amide bonds. The average Bonchev–Trinajstić information content (AvgIpc) is 3.63. The van der Waals surface area contributed by atoms with Gasteiger partial charge in [-0.2, -0.15) is 0 Å². The van der Waals surface area contributed by atoms with E-state index in [-0.39, 0.29) is 22.6 Å². The number of piperidine rings is 1. The number of carbonyl (C=O) groups excluding carboxylic acids is 2. The molecule has 4 rings (SSSR count). The van der Waals surface area contributed by atoms with E-state index in [9.17, 15) is 18.0 Å². The molecule has 1 aliphatic carbocycles. The van der Waals surface area contributed by atoms with Crippen LogP contribution in [0.5, 0.6) is 0 Å². The summed E-state index contributed by atoms with van der Waals surface area (Å²) in [4.78, 5) is 27.0. The molecule has 0 radical (unpaired) electrons. The van der Waals surface area contributed by atoms with Crippen LogP contribution in [-0.2, 0) is 21.2 Å². The smallest absolute Gasteiger partial charge is 0.261 e. The summed E-state index contributed by atoms with van der Waals surface area (Å²) in [5.41, 5.74) is 2.01. The van der Waals surface area contributed by atoms with Gasteiger partial charge in [0.15, 0.2) is 0 Å². The molecule has 0 spiro atoms. The number of sulfonamides is 1. The number of nitrogens with one attached hydrogen (secondary N) is 2. The largest absolute Gasteiger partial charge is 0.353 e. The van der Waals surface area contributed by atoms with Gasteiger partial charge in [-0.25, -0.2) is 8.42 Å². The van der Waals surface area contributed by atoms with Gasteiger partial charge in [0, 0.05) is 36.3 Å². The van der Waals surface area contributed by atoms with Gasteiger partial charge in [-0.1, -0.05) is 25.5 Å². The molecule has 1 saturated carbocycles. The summed E-state index contributed by atoms with van der Waals surface area (Å²) in [6.45, 7) is 3.17. The molecule has 1 saturated heterocycles. The topological polar surface area (TPSA) is 95.6 Å². The molecule has 1 aliphatic heterocycles. The summed E-state index contributed by atoms with van der Waals surface area (Å²) in [5.74, 6) is -0.0133. The van der Waals surface area contributed by atoms with Crippen LogP contribution in [0.4, 0.5) is 5.69 Å². The molecule has 2 fully saturated rings. The quantitative estimate of drug-likeness (QED) is 0.618. The van der Waals surface area contributed by atoms with Crippen LogP contribution in [0.2, 0.25) is 0 Å². The Kier molecular flexibility index (Phi) is 7.02. The average molecular weight is 470 g/mol. The molecule has 2 aromatic rings. The van der Waals surface area contributed by atoms with Gasteiger partial charge in [0.25, 0.3) is 15.9 Å². The monoisotopic (exact) mass is 469 g/mol. The number of hydrogen-bond acceptors (Lipinski definition) is 4. The van der Waals surface area contributed by atoms with Gasteiger partial charge in [0.1, 0.15) is 0 Å². The van der Waals surface area contributed by atoms with Crippen LogP contribution in [-0.4, -0.2) is 44.3 Å². The maximum absolute atomic E-state index is 12.9. The molecule has 2 aromatic carbocycles. The second-order valence-corrected chi connectivity index (χ2v) is 10.6. The molecule has 0 atom stereocenters. The fraction of sp³-hybridized carbons (Fsp3) is 0.440. The van der Waals surface area contributed by atoms with E-state index in [0.29, 0.717) is 43.2 Å².